The molecule has 1 atom stereocenters. The van der Waals surface area contributed by atoms with Crippen LogP contribution in [-0.2, 0) is 0 Å². The molecule has 0 radical (unpaired) electrons. The van der Waals surface area contributed by atoms with Gasteiger partial charge in [-0.15, -0.1) is 0 Å². The zero-order chi connectivity index (χ0) is 13.8. The van der Waals surface area contributed by atoms with Gasteiger partial charge in [0.15, 0.2) is 0 Å². The molecule has 0 bridgehead atoms. The van der Waals surface area contributed by atoms with E-state index in [9.17, 15) is 0 Å². The van der Waals surface area contributed by atoms with Gasteiger partial charge in [0.25, 0.3) is 0 Å². The highest BCUT2D eigenvalue weighted by Gasteiger charge is 2.26. The molecule has 3 nitrogen and oxygen atoms in total. The Hall–Kier alpha value is -1.24. The van der Waals surface area contributed by atoms with Crippen LogP contribution in [0.3, 0.4) is 0 Å². The zero-order valence-corrected chi connectivity index (χ0v) is 12.3. The van der Waals surface area contributed by atoms with Crippen LogP contribution in [0.5, 0.6) is 0 Å². The largest absolute Gasteiger partial charge is 0.370 e. The number of halogens is 1. The highest BCUT2D eigenvalue weighted by Crippen LogP contribution is 2.27. The van der Waals surface area contributed by atoms with Gasteiger partial charge in [0.2, 0.25) is 0 Å². The van der Waals surface area contributed by atoms with Crippen LogP contribution >= 0.6 is 11.6 Å². The lowest BCUT2D eigenvalue weighted by Crippen LogP contribution is -2.37. The molecule has 0 aromatic heterocycles. The topological polar surface area (TPSA) is 30.3 Å². The summed E-state index contributed by atoms with van der Waals surface area (Å²) in [6.45, 7) is 8.73. The average molecular weight is 278 g/mol. The second-order valence-electron chi connectivity index (χ2n) is 4.89. The van der Waals surface area contributed by atoms with Crippen LogP contribution in [-0.4, -0.2) is 37.1 Å². The molecule has 2 rings (SSSR count). The second kappa shape index (κ2) is 6.27. The number of nitrogens with zero attached hydrogens (tertiary/aromatic N) is 3. The number of anilines is 1. The Labute approximate surface area is 120 Å². The first-order valence-corrected chi connectivity index (χ1v) is 7.26. The fraction of sp³-hybridized carbons (Fsp3) is 0.533. The van der Waals surface area contributed by atoms with Gasteiger partial charge in [-0.05, 0) is 37.7 Å². The highest BCUT2D eigenvalue weighted by molar-refractivity contribution is 6.32. The molecule has 0 aliphatic carbocycles. The number of hydrogen-bond acceptors (Lipinski definition) is 3. The van der Waals surface area contributed by atoms with Crippen molar-refractivity contribution in [1.29, 1.82) is 5.26 Å². The van der Waals surface area contributed by atoms with E-state index in [1.54, 1.807) is 0 Å². The molecule has 1 aliphatic rings. The third kappa shape index (κ3) is 3.02. The molecule has 1 aliphatic heterocycles. The Kier molecular flexibility index (Phi) is 4.68. The molecule has 102 valence electrons. The lowest BCUT2D eigenvalue weighted by atomic mass is 10.2. The Balaban J connectivity index is 2.09. The van der Waals surface area contributed by atoms with Gasteiger partial charge in [0.1, 0.15) is 6.07 Å². The third-order valence-electron chi connectivity index (χ3n) is 3.93. The second-order valence-corrected chi connectivity index (χ2v) is 5.29. The minimum absolute atomic E-state index is 0.546. The monoisotopic (exact) mass is 277 g/mol. The Bertz CT molecular complexity index is 477. The summed E-state index contributed by atoms with van der Waals surface area (Å²) in [5.74, 6) is 0. The standard InChI is InChI=1S/C15H20ClN3/c1-3-18(4-2)14-7-8-19(11-14)13-6-5-12(10-17)15(16)9-13/h5-6,9,14H,3-4,7-8,11H2,1-2H3. The smallest absolute Gasteiger partial charge is 0.101 e. The van der Waals surface area contributed by atoms with E-state index in [2.05, 4.69) is 29.7 Å². The fourth-order valence-corrected chi connectivity index (χ4v) is 3.02. The molecular formula is C15H20ClN3. The summed E-state index contributed by atoms with van der Waals surface area (Å²) in [4.78, 5) is 4.86. The Morgan fingerprint density at radius 2 is 2.16 bits per heavy atom. The van der Waals surface area contributed by atoms with Gasteiger partial charge >= 0.3 is 0 Å². The maximum atomic E-state index is 8.90. The van der Waals surface area contributed by atoms with Crippen LogP contribution in [0.25, 0.3) is 0 Å². The van der Waals surface area contributed by atoms with Crippen LogP contribution in [0.2, 0.25) is 5.02 Å². The molecule has 0 amide bonds. The van der Waals surface area contributed by atoms with Crippen molar-refractivity contribution in [1.82, 2.24) is 4.90 Å². The molecule has 1 unspecified atom stereocenters. The van der Waals surface area contributed by atoms with Crippen molar-refractivity contribution in [3.8, 4) is 6.07 Å². The van der Waals surface area contributed by atoms with Gasteiger partial charge in [-0.25, -0.2) is 0 Å². The molecule has 19 heavy (non-hydrogen) atoms. The number of nitriles is 1. The van der Waals surface area contributed by atoms with Crippen LogP contribution in [0.15, 0.2) is 18.2 Å². The zero-order valence-electron chi connectivity index (χ0n) is 11.6. The predicted molar refractivity (Wildman–Crippen MR) is 79.7 cm³/mol. The van der Waals surface area contributed by atoms with Gasteiger partial charge in [-0.2, -0.15) is 5.26 Å². The van der Waals surface area contributed by atoms with E-state index >= 15 is 0 Å². The van der Waals surface area contributed by atoms with Crippen molar-refractivity contribution < 1.29 is 0 Å². The van der Waals surface area contributed by atoms with Crippen molar-refractivity contribution in [2.24, 2.45) is 0 Å². The van der Waals surface area contributed by atoms with E-state index in [1.165, 1.54) is 6.42 Å². The maximum absolute atomic E-state index is 8.90. The summed E-state index contributed by atoms with van der Waals surface area (Å²) in [6.07, 6.45) is 1.19. The summed E-state index contributed by atoms with van der Waals surface area (Å²) in [5, 5.41) is 9.45. The lowest BCUT2D eigenvalue weighted by molar-refractivity contribution is 0.232. The fourth-order valence-electron chi connectivity index (χ4n) is 2.81. The van der Waals surface area contributed by atoms with Crippen molar-refractivity contribution in [2.75, 3.05) is 31.1 Å². The first-order chi connectivity index (χ1) is 9.19. The highest BCUT2D eigenvalue weighted by atomic mass is 35.5. The van der Waals surface area contributed by atoms with Crippen molar-refractivity contribution >= 4 is 17.3 Å². The molecule has 0 saturated carbocycles. The predicted octanol–water partition coefficient (Wildman–Crippen LogP) is 3.13. The van der Waals surface area contributed by atoms with Gasteiger partial charge in [-0.1, -0.05) is 25.4 Å². The molecule has 0 spiro atoms. The molecular weight excluding hydrogens is 258 g/mol. The van der Waals surface area contributed by atoms with Crippen LogP contribution in [0.1, 0.15) is 25.8 Å². The Morgan fingerprint density at radius 1 is 1.42 bits per heavy atom. The maximum Gasteiger partial charge on any atom is 0.101 e. The first kappa shape index (κ1) is 14.2. The molecule has 1 fully saturated rings. The van der Waals surface area contributed by atoms with Crippen LogP contribution < -0.4 is 4.90 Å². The third-order valence-corrected chi connectivity index (χ3v) is 4.24. The van der Waals surface area contributed by atoms with Gasteiger partial charge in [-0.3, -0.25) is 4.90 Å². The average Bonchev–Trinajstić information content (AvgIpc) is 2.90. The van der Waals surface area contributed by atoms with Crippen LogP contribution in [0.4, 0.5) is 5.69 Å². The number of likely N-dealkylation sites (N-methyl/N-ethyl adjacent to an activating group) is 1. The molecule has 1 heterocycles. The first-order valence-electron chi connectivity index (χ1n) is 6.88. The van der Waals surface area contributed by atoms with Gasteiger partial charge in [0.05, 0.1) is 10.6 Å². The lowest BCUT2D eigenvalue weighted by Gasteiger charge is -2.26. The summed E-state index contributed by atoms with van der Waals surface area (Å²) in [6, 6.07) is 8.44. The van der Waals surface area contributed by atoms with E-state index in [4.69, 9.17) is 16.9 Å². The molecule has 1 aromatic rings. The molecule has 4 heteroatoms. The Morgan fingerprint density at radius 3 is 2.74 bits per heavy atom. The van der Waals surface area contributed by atoms with E-state index in [0.717, 1.165) is 31.9 Å². The minimum Gasteiger partial charge on any atom is -0.370 e. The summed E-state index contributed by atoms with van der Waals surface area (Å²) < 4.78 is 0. The quantitative estimate of drug-likeness (QED) is 0.847. The van der Waals surface area contributed by atoms with E-state index in [0.29, 0.717) is 16.6 Å². The van der Waals surface area contributed by atoms with Crippen LogP contribution in [0, 0.1) is 11.3 Å². The van der Waals surface area contributed by atoms with E-state index in [-0.39, 0.29) is 0 Å². The van der Waals surface area contributed by atoms with Crippen molar-refractivity contribution in [3.63, 3.8) is 0 Å². The molecule has 0 N–H and O–H groups in total. The normalized spacial score (nSPS) is 18.9. The van der Waals surface area contributed by atoms with Gasteiger partial charge in [0, 0.05) is 24.8 Å². The SMILES string of the molecule is CCN(CC)C1CCN(c2ccc(C#N)c(Cl)c2)C1. The summed E-state index contributed by atoms with van der Waals surface area (Å²) >= 11 is 6.10. The summed E-state index contributed by atoms with van der Waals surface area (Å²) in [5.41, 5.74) is 1.67. The minimum atomic E-state index is 0.546. The number of hydrogen-bond donors (Lipinski definition) is 0. The number of rotatable bonds is 4. The van der Waals surface area contributed by atoms with E-state index < -0.39 is 0 Å². The van der Waals surface area contributed by atoms with Crippen molar-refractivity contribution in [2.45, 2.75) is 26.3 Å². The van der Waals surface area contributed by atoms with Crippen molar-refractivity contribution in [3.05, 3.63) is 28.8 Å². The molecule has 1 aromatic carbocycles. The summed E-state index contributed by atoms with van der Waals surface area (Å²) in [7, 11) is 0. The van der Waals surface area contributed by atoms with Gasteiger partial charge < -0.3 is 4.90 Å². The van der Waals surface area contributed by atoms with E-state index in [1.807, 2.05) is 18.2 Å². The number of benzene rings is 1. The molecule has 1 saturated heterocycles.